The average Bonchev–Trinajstić information content (AvgIpc) is 2.74. The van der Waals surface area contributed by atoms with E-state index in [-0.39, 0.29) is 29.0 Å². The summed E-state index contributed by atoms with van der Waals surface area (Å²) in [6.45, 7) is 2.42. The molecule has 2 aliphatic carbocycles. The fourth-order valence-electron chi connectivity index (χ4n) is 4.41. The van der Waals surface area contributed by atoms with E-state index in [1.54, 1.807) is 0 Å². The van der Waals surface area contributed by atoms with Crippen molar-refractivity contribution in [1.82, 2.24) is 5.32 Å². The third kappa shape index (κ3) is 2.71. The fourth-order valence-corrected chi connectivity index (χ4v) is 5.16. The molecule has 0 aromatic rings. The van der Waals surface area contributed by atoms with Crippen LogP contribution in [0.3, 0.4) is 0 Å². The molecule has 124 valence electrons. The largest absolute Gasteiger partial charge is 0.509 e. The Morgan fingerprint density at radius 1 is 1.27 bits per heavy atom. The number of carbonyl (C=O) groups excluding carboxylic acids is 1. The summed E-state index contributed by atoms with van der Waals surface area (Å²) in [7, 11) is 0. The van der Waals surface area contributed by atoms with Gasteiger partial charge >= 0.3 is 0 Å². The van der Waals surface area contributed by atoms with Gasteiger partial charge in [-0.15, -0.1) is 0 Å². The molecule has 5 heteroatoms. The molecule has 0 aromatic carbocycles. The number of hydrogen-bond donors (Lipinski definition) is 3. The van der Waals surface area contributed by atoms with Crippen molar-refractivity contribution in [1.29, 1.82) is 0 Å². The molecule has 3 unspecified atom stereocenters. The van der Waals surface area contributed by atoms with Crippen LogP contribution >= 0.6 is 15.9 Å². The van der Waals surface area contributed by atoms with Crippen LogP contribution in [-0.4, -0.2) is 33.1 Å². The number of aliphatic hydroxyl groups excluding tert-OH is 2. The number of rotatable bonds is 2. The van der Waals surface area contributed by atoms with Crippen molar-refractivity contribution >= 4 is 21.8 Å². The van der Waals surface area contributed by atoms with Crippen molar-refractivity contribution < 1.29 is 15.0 Å². The van der Waals surface area contributed by atoms with E-state index in [0.29, 0.717) is 17.4 Å². The number of hydrogen-bond acceptors (Lipinski definition) is 3. The summed E-state index contributed by atoms with van der Waals surface area (Å²) >= 11 is 3.72. The van der Waals surface area contributed by atoms with Crippen LogP contribution in [0.1, 0.15) is 51.9 Å². The molecular weight excluding hydrogens is 346 g/mol. The second-order valence-electron chi connectivity index (χ2n) is 7.47. The second-order valence-corrected chi connectivity index (χ2v) is 8.64. The maximum atomic E-state index is 12.6. The van der Waals surface area contributed by atoms with Gasteiger partial charge in [-0.1, -0.05) is 22.9 Å². The van der Waals surface area contributed by atoms with E-state index < -0.39 is 5.54 Å². The molecule has 22 heavy (non-hydrogen) atoms. The van der Waals surface area contributed by atoms with Gasteiger partial charge in [0.1, 0.15) is 5.76 Å². The fraction of sp³-hybridized carbons (Fsp3) is 0.824. The Bertz CT molecular complexity index is 482. The number of halogens is 1. The smallest absolute Gasteiger partial charge is 0.251 e. The molecule has 2 saturated carbocycles. The molecule has 0 bridgehead atoms. The minimum Gasteiger partial charge on any atom is -0.509 e. The molecule has 0 saturated heterocycles. The van der Waals surface area contributed by atoms with Gasteiger partial charge in [-0.05, 0) is 56.8 Å². The number of aliphatic hydroxyl groups is 2. The number of carbonyl (C=O) groups is 1. The van der Waals surface area contributed by atoms with Crippen LogP contribution in [0.2, 0.25) is 0 Å². The quantitative estimate of drug-likeness (QED) is 0.653. The molecule has 3 aliphatic rings. The van der Waals surface area contributed by atoms with Crippen molar-refractivity contribution in [2.75, 3.05) is 6.61 Å². The molecule has 3 rings (SSSR count). The van der Waals surface area contributed by atoms with Crippen LogP contribution in [0.25, 0.3) is 0 Å². The first-order valence-corrected chi connectivity index (χ1v) is 9.39. The van der Waals surface area contributed by atoms with E-state index >= 15 is 0 Å². The van der Waals surface area contributed by atoms with Gasteiger partial charge in [0.15, 0.2) is 0 Å². The van der Waals surface area contributed by atoms with Crippen LogP contribution in [0.15, 0.2) is 11.3 Å². The van der Waals surface area contributed by atoms with Crippen LogP contribution in [0.5, 0.6) is 0 Å². The minimum atomic E-state index is -0.564. The van der Waals surface area contributed by atoms with Gasteiger partial charge in [-0.2, -0.15) is 0 Å². The highest BCUT2D eigenvalue weighted by Gasteiger charge is 2.50. The lowest BCUT2D eigenvalue weighted by atomic mass is 9.74. The first-order valence-electron chi connectivity index (χ1n) is 8.48. The summed E-state index contributed by atoms with van der Waals surface area (Å²) < 4.78 is 0. The highest BCUT2D eigenvalue weighted by Crippen LogP contribution is 2.46. The Labute approximate surface area is 140 Å². The van der Waals surface area contributed by atoms with Gasteiger partial charge in [0, 0.05) is 17.4 Å². The Morgan fingerprint density at radius 3 is 2.59 bits per heavy atom. The van der Waals surface area contributed by atoms with Gasteiger partial charge in [0.2, 0.25) is 0 Å². The van der Waals surface area contributed by atoms with Crippen LogP contribution in [0, 0.1) is 17.8 Å². The predicted molar refractivity (Wildman–Crippen MR) is 88.8 cm³/mol. The monoisotopic (exact) mass is 371 g/mol. The van der Waals surface area contributed by atoms with Crippen molar-refractivity contribution in [2.24, 2.45) is 17.8 Å². The normalized spacial score (nSPS) is 42.8. The summed E-state index contributed by atoms with van der Waals surface area (Å²) in [5, 5.41) is 23.2. The first kappa shape index (κ1) is 16.3. The molecule has 2 fully saturated rings. The molecule has 3 atom stereocenters. The van der Waals surface area contributed by atoms with E-state index in [9.17, 15) is 15.0 Å². The zero-order valence-electron chi connectivity index (χ0n) is 13.1. The molecule has 4 nitrogen and oxygen atoms in total. The zero-order chi connectivity index (χ0) is 15.9. The van der Waals surface area contributed by atoms with Gasteiger partial charge in [-0.25, -0.2) is 0 Å². The summed E-state index contributed by atoms with van der Waals surface area (Å²) in [6, 6.07) is 0. The third-order valence-electron chi connectivity index (χ3n) is 5.92. The summed E-state index contributed by atoms with van der Waals surface area (Å²) in [5.41, 5.74) is 0.0572. The number of alkyl halides is 1. The SMILES string of the molecule is CC1CCC(Br)C(C2=C(O)C3(CCC(CO)CC3)NC2=O)C1. The van der Waals surface area contributed by atoms with E-state index in [0.717, 1.165) is 38.5 Å². The van der Waals surface area contributed by atoms with Crippen molar-refractivity contribution in [3.05, 3.63) is 11.3 Å². The Kier molecular flexibility index (Phi) is 4.56. The molecular formula is C17H26BrNO3. The average molecular weight is 372 g/mol. The van der Waals surface area contributed by atoms with Gasteiger partial charge < -0.3 is 15.5 Å². The van der Waals surface area contributed by atoms with Gasteiger partial charge in [0.05, 0.1) is 11.1 Å². The van der Waals surface area contributed by atoms with Crippen LogP contribution in [0.4, 0.5) is 0 Å². The lowest BCUT2D eigenvalue weighted by molar-refractivity contribution is -0.118. The Hall–Kier alpha value is -0.550. The second kappa shape index (κ2) is 6.16. The molecule has 1 aliphatic heterocycles. The van der Waals surface area contributed by atoms with E-state index in [1.165, 1.54) is 6.42 Å². The molecule has 1 heterocycles. The first-order chi connectivity index (χ1) is 10.5. The molecule has 1 amide bonds. The van der Waals surface area contributed by atoms with E-state index in [1.807, 2.05) is 0 Å². The van der Waals surface area contributed by atoms with Gasteiger partial charge in [0.25, 0.3) is 5.91 Å². The van der Waals surface area contributed by atoms with Crippen molar-refractivity contribution in [3.8, 4) is 0 Å². The summed E-state index contributed by atoms with van der Waals surface area (Å²) in [4.78, 5) is 12.8. The topological polar surface area (TPSA) is 69.6 Å². The van der Waals surface area contributed by atoms with Crippen LogP contribution in [-0.2, 0) is 4.79 Å². The minimum absolute atomic E-state index is 0.0801. The third-order valence-corrected chi connectivity index (χ3v) is 7.02. The number of nitrogens with one attached hydrogen (secondary N) is 1. The standard InChI is InChI=1S/C17H26BrNO3/c1-10-2-3-13(18)12(8-10)14-15(21)17(19-16(14)22)6-4-11(9-20)5-7-17/h10-13,20-21H,2-9H2,1H3,(H,19,22). The highest BCUT2D eigenvalue weighted by atomic mass is 79.9. The predicted octanol–water partition coefficient (Wildman–Crippen LogP) is 3.05. The lowest BCUT2D eigenvalue weighted by Crippen LogP contribution is -2.47. The lowest BCUT2D eigenvalue weighted by Gasteiger charge is -2.37. The van der Waals surface area contributed by atoms with E-state index in [2.05, 4.69) is 28.2 Å². The maximum Gasteiger partial charge on any atom is 0.251 e. The van der Waals surface area contributed by atoms with Crippen molar-refractivity contribution in [2.45, 2.75) is 62.2 Å². The van der Waals surface area contributed by atoms with E-state index in [4.69, 9.17) is 0 Å². The van der Waals surface area contributed by atoms with Crippen molar-refractivity contribution in [3.63, 3.8) is 0 Å². The maximum absolute atomic E-state index is 12.6. The highest BCUT2D eigenvalue weighted by molar-refractivity contribution is 9.09. The molecule has 0 radical (unpaired) electrons. The molecule has 0 aromatic heterocycles. The molecule has 3 N–H and O–H groups in total. The van der Waals surface area contributed by atoms with Gasteiger partial charge in [-0.3, -0.25) is 4.79 Å². The summed E-state index contributed by atoms with van der Waals surface area (Å²) in [6.07, 6.45) is 6.35. The number of amides is 1. The Morgan fingerprint density at radius 2 is 1.95 bits per heavy atom. The Balaban J connectivity index is 1.85. The zero-order valence-corrected chi connectivity index (χ0v) is 14.7. The summed E-state index contributed by atoms with van der Waals surface area (Å²) in [5.74, 6) is 1.21. The molecule has 1 spiro atoms. The van der Waals surface area contributed by atoms with Crippen LogP contribution < -0.4 is 5.32 Å².